The molecule has 2 aromatic carbocycles. The predicted octanol–water partition coefficient (Wildman–Crippen LogP) is 4.96. The van der Waals surface area contributed by atoms with Crippen molar-refractivity contribution >= 4 is 68.5 Å². The molecule has 2 aliphatic heterocycles. The minimum absolute atomic E-state index is 0.0181. The Morgan fingerprint density at radius 1 is 1.04 bits per heavy atom. The van der Waals surface area contributed by atoms with Crippen LogP contribution in [0, 0.1) is 11.1 Å². The molecule has 3 aliphatic rings. The van der Waals surface area contributed by atoms with E-state index in [1.807, 2.05) is 11.8 Å². The van der Waals surface area contributed by atoms with E-state index in [1.54, 1.807) is 0 Å². The van der Waals surface area contributed by atoms with Crippen molar-refractivity contribution in [2.45, 2.75) is 32.0 Å². The number of carbonyl (C=O) groups excluding carboxylic acids is 3. The molecule has 1 atom stereocenters. The van der Waals surface area contributed by atoms with Gasteiger partial charge in [-0.25, -0.2) is 8.42 Å². The van der Waals surface area contributed by atoms with Gasteiger partial charge < -0.3 is 19.4 Å². The van der Waals surface area contributed by atoms with Crippen molar-refractivity contribution in [3.8, 4) is 11.5 Å². The monoisotopic (exact) mass is 828 g/mol. The van der Waals surface area contributed by atoms with Crippen LogP contribution in [0.1, 0.15) is 50.8 Å². The van der Waals surface area contributed by atoms with E-state index in [4.69, 9.17) is 32.7 Å². The maximum atomic E-state index is 13.6. The number of anilines is 1. The highest BCUT2D eigenvalue weighted by atomic mass is 35.5. The fourth-order valence-electron chi connectivity index (χ4n) is 6.11. The third kappa shape index (κ3) is 9.66. The number of esters is 1. The SMILES string of the molecule is CS(=O)(=O)N(CCN1CCSCC1)c1ccc2c(c1)C(=O)N(CC(=O)O[C@@H](Cc1c(Cl)c[n+]([O-])cc1Cl)c1ccc(OC(F)F)c(OCC3CC3)c1)C2=O. The average molecular weight is 830 g/mol. The lowest BCUT2D eigenvalue weighted by Gasteiger charge is -2.30. The van der Waals surface area contributed by atoms with E-state index >= 15 is 0 Å². The van der Waals surface area contributed by atoms with Crippen molar-refractivity contribution in [1.29, 1.82) is 0 Å². The molecule has 0 spiro atoms. The minimum Gasteiger partial charge on any atom is -0.619 e. The molecule has 0 unspecified atom stereocenters. The summed E-state index contributed by atoms with van der Waals surface area (Å²) in [5.41, 5.74) is 0.571. The maximum Gasteiger partial charge on any atom is 0.387 e. The van der Waals surface area contributed by atoms with Gasteiger partial charge in [0.2, 0.25) is 10.0 Å². The number of alkyl halides is 2. The molecule has 6 rings (SSSR count). The first kappa shape index (κ1) is 39.8. The summed E-state index contributed by atoms with van der Waals surface area (Å²) in [7, 11) is -3.76. The van der Waals surface area contributed by atoms with Crippen LogP contribution in [0.3, 0.4) is 0 Å². The summed E-state index contributed by atoms with van der Waals surface area (Å²) in [6, 6.07) is 8.10. The number of halogens is 4. The quantitative estimate of drug-likeness (QED) is 0.0836. The van der Waals surface area contributed by atoms with Crippen molar-refractivity contribution < 1.29 is 50.5 Å². The normalized spacial score (nSPS) is 16.7. The number of carbonyl (C=O) groups is 3. The number of hydrogen-bond acceptors (Lipinski definition) is 11. The van der Waals surface area contributed by atoms with Crippen LogP contribution >= 0.6 is 35.0 Å². The van der Waals surface area contributed by atoms with Crippen LogP contribution in [0.25, 0.3) is 0 Å². The molecule has 3 aromatic rings. The van der Waals surface area contributed by atoms with E-state index in [9.17, 15) is 36.8 Å². The Hall–Kier alpha value is -3.90. The second-order valence-corrected chi connectivity index (χ2v) is 17.0. The van der Waals surface area contributed by atoms with Crippen molar-refractivity contribution in [2.24, 2.45) is 5.92 Å². The van der Waals surface area contributed by atoms with Crippen LogP contribution in [0.4, 0.5) is 14.5 Å². The predicted molar refractivity (Wildman–Crippen MR) is 197 cm³/mol. The topological polar surface area (TPSA) is 150 Å². The van der Waals surface area contributed by atoms with Crippen LogP contribution in [0.15, 0.2) is 48.8 Å². The summed E-state index contributed by atoms with van der Waals surface area (Å²) < 4.78 is 70.0. The fraction of sp³-hybridized carbons (Fsp3) is 0.429. The fourth-order valence-corrected chi connectivity index (χ4v) is 8.59. The van der Waals surface area contributed by atoms with Gasteiger partial charge in [0.1, 0.15) is 22.7 Å². The van der Waals surface area contributed by atoms with Crippen molar-refractivity contribution in [2.75, 3.05) is 61.4 Å². The number of fused-ring (bicyclic) bond motifs is 1. The summed E-state index contributed by atoms with van der Waals surface area (Å²) in [6.07, 6.45) is 3.57. The molecule has 2 fully saturated rings. The second kappa shape index (κ2) is 16.9. The maximum absolute atomic E-state index is 13.6. The summed E-state index contributed by atoms with van der Waals surface area (Å²) in [5.74, 6) is -0.767. The zero-order valence-electron chi connectivity index (χ0n) is 28.9. The first-order chi connectivity index (χ1) is 25.7. The number of nitrogens with zero attached hydrogens (tertiary/aromatic N) is 4. The van der Waals surface area contributed by atoms with E-state index in [-0.39, 0.29) is 75.0 Å². The van der Waals surface area contributed by atoms with Gasteiger partial charge in [-0.1, -0.05) is 29.3 Å². The number of rotatable bonds is 16. The Kier molecular flexibility index (Phi) is 12.4. The molecule has 1 aliphatic carbocycles. The Bertz CT molecular complexity index is 2010. The van der Waals surface area contributed by atoms with Gasteiger partial charge >= 0.3 is 12.6 Å². The van der Waals surface area contributed by atoms with Gasteiger partial charge in [-0.2, -0.15) is 25.3 Å². The lowest BCUT2D eigenvalue weighted by molar-refractivity contribution is -0.605. The van der Waals surface area contributed by atoms with Gasteiger partial charge in [0.15, 0.2) is 23.9 Å². The van der Waals surface area contributed by atoms with Gasteiger partial charge in [-0.3, -0.25) is 28.5 Å². The molecule has 0 bridgehead atoms. The van der Waals surface area contributed by atoms with E-state index in [0.717, 1.165) is 56.1 Å². The molecular formula is C35H36Cl2F2N4O9S2. The van der Waals surface area contributed by atoms with Crippen LogP contribution in [0.2, 0.25) is 10.0 Å². The third-order valence-electron chi connectivity index (χ3n) is 9.10. The Morgan fingerprint density at radius 3 is 2.37 bits per heavy atom. The highest BCUT2D eigenvalue weighted by Gasteiger charge is 2.39. The van der Waals surface area contributed by atoms with Gasteiger partial charge in [-0.05, 0) is 54.7 Å². The van der Waals surface area contributed by atoms with Crippen molar-refractivity contribution in [3.63, 3.8) is 0 Å². The number of pyridine rings is 1. The molecular weight excluding hydrogens is 793 g/mol. The number of thioether (sulfide) groups is 1. The highest BCUT2D eigenvalue weighted by molar-refractivity contribution is 7.99. The number of aromatic nitrogens is 1. The molecule has 0 N–H and O–H groups in total. The molecule has 13 nitrogen and oxygen atoms in total. The summed E-state index contributed by atoms with van der Waals surface area (Å²) >= 11 is 14.5. The van der Waals surface area contributed by atoms with Crippen LogP contribution < -0.4 is 18.5 Å². The summed E-state index contributed by atoms with van der Waals surface area (Å²) in [4.78, 5) is 43.4. The van der Waals surface area contributed by atoms with Crippen molar-refractivity contribution in [1.82, 2.24) is 9.80 Å². The van der Waals surface area contributed by atoms with E-state index < -0.39 is 47.1 Å². The van der Waals surface area contributed by atoms with E-state index in [0.29, 0.717) is 16.2 Å². The molecule has 19 heteroatoms. The standard InChI is InChI=1S/C35H36Cl2F2N4O9S2/c1-54(48,49)43(9-8-40-10-12-53-13-11-40)23-5-6-24-25(15-23)34(46)42(33(24)45)19-32(44)51-30(16-26-27(36)17-41(47)18-28(26)37)22-4-7-29(52-35(38)39)31(14-22)50-20-21-2-3-21/h4-7,14-15,17-18,21,30,35H,2-3,8-13,16,19-20H2,1H3/t30-/m0/s1. The van der Waals surface area contributed by atoms with E-state index in [1.165, 1.54) is 40.7 Å². The number of amides is 2. The zero-order valence-corrected chi connectivity index (χ0v) is 32.1. The van der Waals surface area contributed by atoms with Crippen LogP contribution in [0.5, 0.6) is 11.5 Å². The number of imide groups is 1. The second-order valence-electron chi connectivity index (χ2n) is 13.0. The molecule has 290 valence electrons. The summed E-state index contributed by atoms with van der Waals surface area (Å²) in [6.45, 7) is -1.46. The van der Waals surface area contributed by atoms with Gasteiger partial charge in [0, 0.05) is 49.7 Å². The summed E-state index contributed by atoms with van der Waals surface area (Å²) in [5, 5.41) is 11.8. The average Bonchev–Trinajstić information content (AvgIpc) is 3.91. The first-order valence-corrected chi connectivity index (χ1v) is 20.7. The Balaban J connectivity index is 1.23. The molecule has 54 heavy (non-hydrogen) atoms. The zero-order chi connectivity index (χ0) is 38.7. The Morgan fingerprint density at radius 2 is 1.72 bits per heavy atom. The van der Waals surface area contributed by atoms with Gasteiger partial charge in [-0.15, -0.1) is 0 Å². The Labute approximate surface area is 324 Å². The molecule has 3 heterocycles. The first-order valence-electron chi connectivity index (χ1n) is 16.9. The molecule has 1 saturated carbocycles. The molecule has 1 saturated heterocycles. The largest absolute Gasteiger partial charge is 0.619 e. The van der Waals surface area contributed by atoms with E-state index in [2.05, 4.69) is 9.64 Å². The van der Waals surface area contributed by atoms with Gasteiger partial charge in [0.05, 0.1) is 29.7 Å². The molecule has 0 radical (unpaired) electrons. The third-order valence-corrected chi connectivity index (χ3v) is 11.9. The highest BCUT2D eigenvalue weighted by Crippen LogP contribution is 2.38. The van der Waals surface area contributed by atoms with Crippen LogP contribution in [-0.2, 0) is 26.0 Å². The lowest BCUT2D eigenvalue weighted by Crippen LogP contribution is -2.41. The number of sulfonamides is 1. The molecule has 2 amide bonds. The molecule has 1 aromatic heterocycles. The number of ether oxygens (including phenoxy) is 3. The number of benzene rings is 2. The minimum atomic E-state index is -3.76. The smallest absolute Gasteiger partial charge is 0.387 e. The lowest BCUT2D eigenvalue weighted by atomic mass is 10.0. The van der Waals surface area contributed by atoms with Crippen molar-refractivity contribution in [3.05, 3.63) is 86.3 Å². The number of hydrogen-bond donors (Lipinski definition) is 0. The van der Waals surface area contributed by atoms with Crippen LogP contribution in [-0.4, -0.2) is 99.7 Å². The van der Waals surface area contributed by atoms with Gasteiger partial charge in [0.25, 0.3) is 11.8 Å².